The number of nitrogens with zero attached hydrogens (tertiary/aromatic N) is 1. The van der Waals surface area contributed by atoms with Gasteiger partial charge in [0.15, 0.2) is 0 Å². The van der Waals surface area contributed by atoms with Crippen LogP contribution in [-0.4, -0.2) is 24.6 Å². The van der Waals surface area contributed by atoms with Crippen LogP contribution in [0.15, 0.2) is 35.3 Å². The standard InChI is InChI=1S/C10H11N3O2S/c1-2-5-11-9(14)10(15)13-12-7-8-4-3-6-16-8/h2-4,6-7H,1,5H2,(H,11,14)(H,13,15)/b12-7-. The van der Waals surface area contributed by atoms with Crippen molar-refractivity contribution in [2.45, 2.75) is 0 Å². The average molecular weight is 237 g/mol. The average Bonchev–Trinajstić information content (AvgIpc) is 2.78. The van der Waals surface area contributed by atoms with Crippen LogP contribution in [0.3, 0.4) is 0 Å². The van der Waals surface area contributed by atoms with E-state index in [-0.39, 0.29) is 6.54 Å². The van der Waals surface area contributed by atoms with Gasteiger partial charge in [-0.05, 0) is 11.4 Å². The molecule has 1 aromatic heterocycles. The van der Waals surface area contributed by atoms with Gasteiger partial charge in [-0.2, -0.15) is 5.10 Å². The monoisotopic (exact) mass is 237 g/mol. The van der Waals surface area contributed by atoms with E-state index in [0.29, 0.717) is 0 Å². The van der Waals surface area contributed by atoms with Crippen molar-refractivity contribution in [3.05, 3.63) is 35.0 Å². The molecular formula is C10H11N3O2S. The lowest BCUT2D eigenvalue weighted by Gasteiger charge is -1.99. The van der Waals surface area contributed by atoms with Gasteiger partial charge in [0.25, 0.3) is 0 Å². The highest BCUT2D eigenvalue weighted by Crippen LogP contribution is 2.03. The Morgan fingerprint density at radius 2 is 2.31 bits per heavy atom. The summed E-state index contributed by atoms with van der Waals surface area (Å²) < 4.78 is 0. The predicted molar refractivity (Wildman–Crippen MR) is 63.3 cm³/mol. The SMILES string of the molecule is C=CCNC(=O)C(=O)N/N=C\c1cccs1. The third-order valence-electron chi connectivity index (χ3n) is 1.51. The summed E-state index contributed by atoms with van der Waals surface area (Å²) in [7, 11) is 0. The van der Waals surface area contributed by atoms with Crippen molar-refractivity contribution in [1.29, 1.82) is 0 Å². The van der Waals surface area contributed by atoms with Gasteiger partial charge in [-0.25, -0.2) is 5.43 Å². The van der Waals surface area contributed by atoms with E-state index >= 15 is 0 Å². The van der Waals surface area contributed by atoms with Gasteiger partial charge in [0.05, 0.1) is 6.21 Å². The largest absolute Gasteiger partial charge is 0.344 e. The second-order valence-corrected chi connectivity index (χ2v) is 3.69. The first-order chi connectivity index (χ1) is 7.74. The molecule has 0 saturated carbocycles. The van der Waals surface area contributed by atoms with Gasteiger partial charge in [0.2, 0.25) is 0 Å². The molecule has 0 aromatic carbocycles. The van der Waals surface area contributed by atoms with Crippen LogP contribution in [0.2, 0.25) is 0 Å². The number of hydrogen-bond acceptors (Lipinski definition) is 4. The molecule has 2 N–H and O–H groups in total. The molecule has 6 heteroatoms. The van der Waals surface area contributed by atoms with Crippen LogP contribution in [-0.2, 0) is 9.59 Å². The summed E-state index contributed by atoms with van der Waals surface area (Å²) in [6.45, 7) is 3.66. The van der Waals surface area contributed by atoms with Gasteiger partial charge in [-0.3, -0.25) is 9.59 Å². The van der Waals surface area contributed by atoms with Gasteiger partial charge < -0.3 is 5.32 Å². The van der Waals surface area contributed by atoms with Crippen LogP contribution in [0.4, 0.5) is 0 Å². The summed E-state index contributed by atoms with van der Waals surface area (Å²) in [5.41, 5.74) is 2.12. The minimum atomic E-state index is -0.797. The molecule has 2 amide bonds. The van der Waals surface area contributed by atoms with E-state index in [1.165, 1.54) is 23.6 Å². The number of hydrazone groups is 1. The number of amides is 2. The molecule has 5 nitrogen and oxygen atoms in total. The number of rotatable bonds is 4. The maximum absolute atomic E-state index is 11.1. The summed E-state index contributed by atoms with van der Waals surface area (Å²) in [4.78, 5) is 23.1. The Labute approximate surface area is 96.9 Å². The van der Waals surface area contributed by atoms with E-state index < -0.39 is 11.8 Å². The van der Waals surface area contributed by atoms with Crippen LogP contribution >= 0.6 is 11.3 Å². The number of nitrogens with one attached hydrogen (secondary N) is 2. The molecule has 16 heavy (non-hydrogen) atoms. The normalized spacial score (nSPS) is 10.0. The van der Waals surface area contributed by atoms with Crippen molar-refractivity contribution < 1.29 is 9.59 Å². The Morgan fingerprint density at radius 3 is 2.94 bits per heavy atom. The van der Waals surface area contributed by atoms with Gasteiger partial charge in [-0.1, -0.05) is 12.1 Å². The summed E-state index contributed by atoms with van der Waals surface area (Å²) >= 11 is 1.48. The van der Waals surface area contributed by atoms with Crippen molar-refractivity contribution in [3.63, 3.8) is 0 Å². The topological polar surface area (TPSA) is 70.6 Å². The van der Waals surface area contributed by atoms with Gasteiger partial charge in [-0.15, -0.1) is 17.9 Å². The van der Waals surface area contributed by atoms with E-state index in [4.69, 9.17) is 0 Å². The smallest absolute Gasteiger partial charge is 0.329 e. The van der Waals surface area contributed by atoms with Crippen molar-refractivity contribution >= 4 is 29.4 Å². The lowest BCUT2D eigenvalue weighted by Crippen LogP contribution is -2.37. The van der Waals surface area contributed by atoms with E-state index in [2.05, 4.69) is 22.4 Å². The number of thiophene rings is 1. The first-order valence-electron chi connectivity index (χ1n) is 4.49. The van der Waals surface area contributed by atoms with Crippen molar-refractivity contribution in [2.75, 3.05) is 6.54 Å². The summed E-state index contributed by atoms with van der Waals surface area (Å²) in [5.74, 6) is -1.53. The minimum Gasteiger partial charge on any atom is -0.344 e. The van der Waals surface area contributed by atoms with Crippen LogP contribution in [0.1, 0.15) is 4.88 Å². The van der Waals surface area contributed by atoms with Crippen molar-refractivity contribution in [1.82, 2.24) is 10.7 Å². The van der Waals surface area contributed by atoms with Crippen LogP contribution in [0.5, 0.6) is 0 Å². The van der Waals surface area contributed by atoms with Crippen LogP contribution < -0.4 is 10.7 Å². The maximum Gasteiger partial charge on any atom is 0.329 e. The minimum absolute atomic E-state index is 0.251. The molecule has 0 aliphatic rings. The second-order valence-electron chi connectivity index (χ2n) is 2.71. The Kier molecular flexibility index (Phi) is 4.94. The zero-order valence-corrected chi connectivity index (χ0v) is 9.29. The van der Waals surface area contributed by atoms with E-state index in [9.17, 15) is 9.59 Å². The van der Waals surface area contributed by atoms with Crippen LogP contribution in [0, 0.1) is 0 Å². The van der Waals surface area contributed by atoms with E-state index in [1.54, 1.807) is 0 Å². The Hall–Kier alpha value is -1.95. The molecule has 0 atom stereocenters. The zero-order valence-electron chi connectivity index (χ0n) is 8.47. The van der Waals surface area contributed by atoms with Crippen molar-refractivity contribution in [2.24, 2.45) is 5.10 Å². The molecule has 0 saturated heterocycles. The number of carbonyl (C=O) groups is 2. The highest BCUT2D eigenvalue weighted by molar-refractivity contribution is 7.11. The summed E-state index contributed by atoms with van der Waals surface area (Å²) in [5, 5.41) is 7.87. The third-order valence-corrected chi connectivity index (χ3v) is 2.32. The number of hydrogen-bond donors (Lipinski definition) is 2. The fourth-order valence-electron chi connectivity index (χ4n) is 0.815. The molecule has 1 heterocycles. The first kappa shape index (κ1) is 12.1. The highest BCUT2D eigenvalue weighted by Gasteiger charge is 2.10. The van der Waals surface area contributed by atoms with Gasteiger partial charge in [0.1, 0.15) is 0 Å². The maximum atomic E-state index is 11.1. The Balaban J connectivity index is 2.34. The second kappa shape index (κ2) is 6.52. The molecule has 0 unspecified atom stereocenters. The third kappa shape index (κ3) is 4.05. The molecular weight excluding hydrogens is 226 g/mol. The fraction of sp³-hybridized carbons (Fsp3) is 0.100. The van der Waals surface area contributed by atoms with E-state index in [1.807, 2.05) is 17.5 Å². The molecule has 0 bridgehead atoms. The molecule has 0 aliphatic carbocycles. The lowest BCUT2D eigenvalue weighted by atomic mass is 10.5. The molecule has 0 radical (unpaired) electrons. The fourth-order valence-corrected chi connectivity index (χ4v) is 1.40. The number of carbonyl (C=O) groups excluding carboxylic acids is 2. The molecule has 84 valence electrons. The molecule has 0 spiro atoms. The lowest BCUT2D eigenvalue weighted by molar-refractivity contribution is -0.139. The molecule has 1 aromatic rings. The summed E-state index contributed by atoms with van der Waals surface area (Å²) in [6, 6.07) is 3.71. The van der Waals surface area contributed by atoms with Crippen molar-refractivity contribution in [3.8, 4) is 0 Å². The first-order valence-corrected chi connectivity index (χ1v) is 5.37. The zero-order chi connectivity index (χ0) is 11.8. The highest BCUT2D eigenvalue weighted by atomic mass is 32.1. The van der Waals surface area contributed by atoms with Gasteiger partial charge in [0, 0.05) is 11.4 Å². The molecule has 0 fully saturated rings. The van der Waals surface area contributed by atoms with E-state index in [0.717, 1.165) is 4.88 Å². The molecule has 1 rings (SSSR count). The molecule has 0 aliphatic heterocycles. The predicted octanol–water partition coefficient (Wildman–Crippen LogP) is 0.500. The van der Waals surface area contributed by atoms with Crippen LogP contribution in [0.25, 0.3) is 0 Å². The Morgan fingerprint density at radius 1 is 1.50 bits per heavy atom. The van der Waals surface area contributed by atoms with Gasteiger partial charge >= 0.3 is 11.8 Å². The summed E-state index contributed by atoms with van der Waals surface area (Å²) in [6.07, 6.45) is 2.96. The Bertz CT molecular complexity index is 398. The quantitative estimate of drug-likeness (QED) is 0.346.